The molecule has 0 bridgehead atoms. The second-order valence-corrected chi connectivity index (χ2v) is 8.77. The first kappa shape index (κ1) is 16.9. The maximum Gasteiger partial charge on any atom is 0.244 e. The molecule has 1 saturated carbocycles. The summed E-state index contributed by atoms with van der Waals surface area (Å²) >= 11 is 3.44. The number of nitrogens with one attached hydrogen (secondary N) is 1. The van der Waals surface area contributed by atoms with E-state index >= 15 is 0 Å². The SMILES string of the molecule is Cc1cc(CNC(C)C)cc(S(=O)(=O)N(C)C2CC2)c1Br. The van der Waals surface area contributed by atoms with Crippen molar-refractivity contribution >= 4 is 26.0 Å². The molecule has 0 unspecified atom stereocenters. The molecule has 0 spiro atoms. The second-order valence-electron chi connectivity index (χ2n) is 6.01. The first-order chi connectivity index (χ1) is 9.73. The molecule has 21 heavy (non-hydrogen) atoms. The highest BCUT2D eigenvalue weighted by atomic mass is 79.9. The molecule has 2 rings (SSSR count). The zero-order chi connectivity index (χ0) is 15.8. The fraction of sp³-hybridized carbons (Fsp3) is 0.600. The lowest BCUT2D eigenvalue weighted by molar-refractivity contribution is 0.463. The quantitative estimate of drug-likeness (QED) is 0.832. The van der Waals surface area contributed by atoms with Gasteiger partial charge in [0.2, 0.25) is 10.0 Å². The van der Waals surface area contributed by atoms with Gasteiger partial charge in [-0.25, -0.2) is 8.42 Å². The maximum absolute atomic E-state index is 12.8. The number of hydrogen-bond donors (Lipinski definition) is 1. The summed E-state index contributed by atoms with van der Waals surface area (Å²) in [5.74, 6) is 0. The van der Waals surface area contributed by atoms with E-state index in [1.165, 1.54) is 4.31 Å². The average molecular weight is 375 g/mol. The van der Waals surface area contributed by atoms with Crippen LogP contribution in [0.3, 0.4) is 0 Å². The fourth-order valence-electron chi connectivity index (χ4n) is 2.21. The summed E-state index contributed by atoms with van der Waals surface area (Å²) < 4.78 is 27.7. The van der Waals surface area contributed by atoms with Crippen LogP contribution in [0.1, 0.15) is 37.8 Å². The minimum absolute atomic E-state index is 0.166. The summed E-state index contributed by atoms with van der Waals surface area (Å²) in [5.41, 5.74) is 1.94. The fourth-order valence-corrected chi connectivity index (χ4v) is 4.65. The van der Waals surface area contributed by atoms with Crippen molar-refractivity contribution < 1.29 is 8.42 Å². The molecule has 1 aromatic rings. The molecule has 1 fully saturated rings. The third-order valence-electron chi connectivity index (χ3n) is 3.71. The van der Waals surface area contributed by atoms with Crippen LogP contribution in [0.2, 0.25) is 0 Å². The molecule has 118 valence electrons. The van der Waals surface area contributed by atoms with Crippen LogP contribution in [0.25, 0.3) is 0 Å². The topological polar surface area (TPSA) is 49.4 Å². The van der Waals surface area contributed by atoms with Crippen LogP contribution in [-0.2, 0) is 16.6 Å². The van der Waals surface area contributed by atoms with Crippen LogP contribution in [-0.4, -0.2) is 31.9 Å². The van der Waals surface area contributed by atoms with Gasteiger partial charge in [0.05, 0.1) is 4.90 Å². The molecule has 1 aliphatic carbocycles. The summed E-state index contributed by atoms with van der Waals surface area (Å²) in [6, 6.07) is 4.33. The van der Waals surface area contributed by atoms with E-state index in [2.05, 4.69) is 35.1 Å². The Hall–Kier alpha value is -0.430. The molecular weight excluding hydrogens is 352 g/mol. The minimum Gasteiger partial charge on any atom is -0.310 e. The molecule has 0 radical (unpaired) electrons. The summed E-state index contributed by atoms with van der Waals surface area (Å²) in [5, 5.41) is 3.33. The molecule has 0 amide bonds. The summed E-state index contributed by atoms with van der Waals surface area (Å²) in [6.07, 6.45) is 1.92. The summed E-state index contributed by atoms with van der Waals surface area (Å²) in [6.45, 7) is 6.75. The number of aryl methyl sites for hydroxylation is 1. The molecule has 0 aromatic heterocycles. The highest BCUT2D eigenvalue weighted by molar-refractivity contribution is 9.10. The third kappa shape index (κ3) is 3.86. The molecule has 0 saturated heterocycles. The Morgan fingerprint density at radius 1 is 1.38 bits per heavy atom. The predicted octanol–water partition coefficient (Wildman–Crippen LogP) is 3.04. The monoisotopic (exact) mass is 374 g/mol. The molecule has 0 aliphatic heterocycles. The molecule has 4 nitrogen and oxygen atoms in total. The van der Waals surface area contributed by atoms with Crippen molar-refractivity contribution in [3.8, 4) is 0 Å². The lowest BCUT2D eigenvalue weighted by Crippen LogP contribution is -2.29. The van der Waals surface area contributed by atoms with E-state index in [0.29, 0.717) is 22.0 Å². The lowest BCUT2D eigenvalue weighted by Gasteiger charge is -2.19. The molecule has 6 heteroatoms. The normalized spacial score (nSPS) is 16.0. The van der Waals surface area contributed by atoms with Gasteiger partial charge < -0.3 is 5.32 Å². The Kier molecular flexibility index (Phi) is 5.13. The number of sulfonamides is 1. The lowest BCUT2D eigenvalue weighted by atomic mass is 10.1. The van der Waals surface area contributed by atoms with Gasteiger partial charge in [0.15, 0.2) is 0 Å². The Labute approximate surface area is 136 Å². The van der Waals surface area contributed by atoms with Gasteiger partial charge in [0.1, 0.15) is 0 Å². The first-order valence-corrected chi connectivity index (χ1v) is 9.47. The van der Waals surface area contributed by atoms with Gasteiger partial charge in [-0.2, -0.15) is 4.31 Å². The molecule has 1 N–H and O–H groups in total. The van der Waals surface area contributed by atoms with Crippen LogP contribution in [0.15, 0.2) is 21.5 Å². The van der Waals surface area contributed by atoms with Crippen LogP contribution < -0.4 is 5.32 Å². The maximum atomic E-state index is 12.8. The standard InChI is InChI=1S/C15H23BrN2O2S/c1-10(2)17-9-12-7-11(3)15(16)14(8-12)21(19,20)18(4)13-5-6-13/h7-8,10,13,17H,5-6,9H2,1-4H3. The van der Waals surface area contributed by atoms with Gasteiger partial charge in [0.25, 0.3) is 0 Å². The van der Waals surface area contributed by atoms with Gasteiger partial charge in [0, 0.05) is 30.1 Å². The second kappa shape index (κ2) is 6.36. The van der Waals surface area contributed by atoms with E-state index in [9.17, 15) is 8.42 Å². The highest BCUT2D eigenvalue weighted by Gasteiger charge is 2.36. The number of halogens is 1. The van der Waals surface area contributed by atoms with Crippen LogP contribution in [0, 0.1) is 6.92 Å². The van der Waals surface area contributed by atoms with Crippen molar-refractivity contribution in [2.24, 2.45) is 0 Å². The van der Waals surface area contributed by atoms with Gasteiger partial charge in [-0.15, -0.1) is 0 Å². The Morgan fingerprint density at radius 2 is 2.00 bits per heavy atom. The van der Waals surface area contributed by atoms with Crippen molar-refractivity contribution in [1.82, 2.24) is 9.62 Å². The largest absolute Gasteiger partial charge is 0.310 e. The number of benzene rings is 1. The van der Waals surface area contributed by atoms with Gasteiger partial charge in [-0.3, -0.25) is 0 Å². The Morgan fingerprint density at radius 3 is 2.52 bits per heavy atom. The Balaban J connectivity index is 2.37. The molecule has 0 atom stereocenters. The summed E-state index contributed by atoms with van der Waals surface area (Å²) in [4.78, 5) is 0.373. The smallest absolute Gasteiger partial charge is 0.244 e. The zero-order valence-electron chi connectivity index (χ0n) is 13.0. The minimum atomic E-state index is -3.43. The average Bonchev–Trinajstić information content (AvgIpc) is 3.23. The van der Waals surface area contributed by atoms with Gasteiger partial charge in [-0.1, -0.05) is 19.9 Å². The van der Waals surface area contributed by atoms with Gasteiger partial charge in [-0.05, 0) is 52.9 Å². The molecule has 1 aromatic carbocycles. The van der Waals surface area contributed by atoms with Crippen LogP contribution in [0.4, 0.5) is 0 Å². The number of rotatable bonds is 6. The van der Waals surface area contributed by atoms with E-state index in [-0.39, 0.29) is 6.04 Å². The Bertz CT molecular complexity index is 625. The summed E-state index contributed by atoms with van der Waals surface area (Å²) in [7, 11) is -1.76. The van der Waals surface area contributed by atoms with E-state index in [4.69, 9.17) is 0 Å². The molecule has 1 aliphatic rings. The van der Waals surface area contributed by atoms with E-state index in [1.807, 2.05) is 13.0 Å². The van der Waals surface area contributed by atoms with Crippen molar-refractivity contribution in [1.29, 1.82) is 0 Å². The van der Waals surface area contributed by atoms with Crippen LogP contribution in [0.5, 0.6) is 0 Å². The van der Waals surface area contributed by atoms with Crippen molar-refractivity contribution in [2.45, 2.75) is 57.1 Å². The number of hydrogen-bond acceptors (Lipinski definition) is 3. The predicted molar refractivity (Wildman–Crippen MR) is 88.8 cm³/mol. The molecule has 0 heterocycles. The highest BCUT2D eigenvalue weighted by Crippen LogP contribution is 2.34. The van der Waals surface area contributed by atoms with Crippen LogP contribution >= 0.6 is 15.9 Å². The van der Waals surface area contributed by atoms with Crippen molar-refractivity contribution in [2.75, 3.05) is 7.05 Å². The molecular formula is C15H23BrN2O2S. The number of nitrogens with zero attached hydrogens (tertiary/aromatic N) is 1. The van der Waals surface area contributed by atoms with E-state index < -0.39 is 10.0 Å². The zero-order valence-corrected chi connectivity index (χ0v) is 15.4. The third-order valence-corrected chi connectivity index (χ3v) is 6.96. The first-order valence-electron chi connectivity index (χ1n) is 7.24. The van der Waals surface area contributed by atoms with E-state index in [1.54, 1.807) is 13.1 Å². The van der Waals surface area contributed by atoms with E-state index in [0.717, 1.165) is 24.0 Å². The van der Waals surface area contributed by atoms with Crippen molar-refractivity contribution in [3.63, 3.8) is 0 Å². The van der Waals surface area contributed by atoms with Crippen molar-refractivity contribution in [3.05, 3.63) is 27.7 Å². The van der Waals surface area contributed by atoms with Gasteiger partial charge >= 0.3 is 0 Å².